The number of ether oxygens (including phenoxy) is 1. The van der Waals surface area contributed by atoms with Gasteiger partial charge in [-0.1, -0.05) is 13.5 Å². The molecular formula is C12H19N3O4. The van der Waals surface area contributed by atoms with Crippen LogP contribution in [-0.4, -0.2) is 48.2 Å². The molecular weight excluding hydrogens is 250 g/mol. The Labute approximate surface area is 112 Å². The normalized spacial score (nSPS) is 22.3. The Kier molecular flexibility index (Phi) is 5.20. The van der Waals surface area contributed by atoms with E-state index in [2.05, 4.69) is 17.2 Å². The van der Waals surface area contributed by atoms with Crippen LogP contribution in [0.25, 0.3) is 0 Å². The van der Waals surface area contributed by atoms with Crippen molar-refractivity contribution in [1.82, 2.24) is 15.5 Å². The van der Waals surface area contributed by atoms with Crippen molar-refractivity contribution >= 4 is 18.2 Å². The van der Waals surface area contributed by atoms with E-state index in [0.29, 0.717) is 25.8 Å². The fraction of sp³-hybridized carbons (Fsp3) is 0.583. The highest BCUT2D eigenvalue weighted by Crippen LogP contribution is 2.23. The number of hydrogen-bond acceptors (Lipinski definition) is 6. The standard InChI is InChI=1S/C12H19N3O4/c1-4-11(18)19-12(5-2,14-9(3)17)15-7-6-13-10(15)8-16/h4,8,10,13H,1,5-7H2,2-3H3,(H,14,17). The SMILES string of the molecule is C=CC(=O)OC(CC)(NC(C)=O)N1CCNC1C=O. The van der Waals surface area contributed by atoms with Crippen LogP contribution in [0.4, 0.5) is 0 Å². The first-order valence-electron chi connectivity index (χ1n) is 6.08. The Balaban J connectivity index is 3.06. The summed E-state index contributed by atoms with van der Waals surface area (Å²) in [5.41, 5.74) is 0. The van der Waals surface area contributed by atoms with Gasteiger partial charge in [0.05, 0.1) is 0 Å². The Morgan fingerprint density at radius 2 is 2.32 bits per heavy atom. The number of nitrogens with zero attached hydrogens (tertiary/aromatic N) is 1. The molecule has 0 bridgehead atoms. The molecule has 1 aliphatic rings. The minimum Gasteiger partial charge on any atom is -0.422 e. The van der Waals surface area contributed by atoms with E-state index in [1.807, 2.05) is 0 Å². The molecule has 1 fully saturated rings. The van der Waals surface area contributed by atoms with Gasteiger partial charge >= 0.3 is 5.97 Å². The molecule has 0 aromatic heterocycles. The van der Waals surface area contributed by atoms with Crippen molar-refractivity contribution in [1.29, 1.82) is 0 Å². The molecule has 7 heteroatoms. The number of esters is 1. The van der Waals surface area contributed by atoms with E-state index in [-0.39, 0.29) is 5.91 Å². The maximum absolute atomic E-state index is 11.5. The summed E-state index contributed by atoms with van der Waals surface area (Å²) < 4.78 is 5.30. The average molecular weight is 269 g/mol. The zero-order valence-corrected chi connectivity index (χ0v) is 11.1. The van der Waals surface area contributed by atoms with Crippen molar-refractivity contribution in [3.63, 3.8) is 0 Å². The van der Waals surface area contributed by atoms with Gasteiger partial charge in [-0.15, -0.1) is 0 Å². The van der Waals surface area contributed by atoms with E-state index in [1.54, 1.807) is 11.8 Å². The molecule has 1 amide bonds. The molecule has 0 radical (unpaired) electrons. The molecule has 7 nitrogen and oxygen atoms in total. The van der Waals surface area contributed by atoms with Gasteiger partial charge in [-0.3, -0.25) is 10.1 Å². The van der Waals surface area contributed by atoms with Gasteiger partial charge in [-0.25, -0.2) is 9.69 Å². The number of hydrogen-bond donors (Lipinski definition) is 2. The second-order valence-electron chi connectivity index (χ2n) is 4.17. The van der Waals surface area contributed by atoms with Crippen LogP contribution >= 0.6 is 0 Å². The van der Waals surface area contributed by atoms with Gasteiger partial charge in [0.15, 0.2) is 6.29 Å². The lowest BCUT2D eigenvalue weighted by atomic mass is 10.2. The van der Waals surface area contributed by atoms with Crippen molar-refractivity contribution in [2.45, 2.75) is 32.3 Å². The highest BCUT2D eigenvalue weighted by atomic mass is 16.6. The Hall–Kier alpha value is -1.73. The summed E-state index contributed by atoms with van der Waals surface area (Å²) in [6.45, 7) is 7.45. The highest BCUT2D eigenvalue weighted by molar-refractivity contribution is 5.82. The third-order valence-corrected chi connectivity index (χ3v) is 2.92. The van der Waals surface area contributed by atoms with Gasteiger partial charge in [0.2, 0.25) is 11.8 Å². The van der Waals surface area contributed by atoms with Gasteiger partial charge < -0.3 is 14.8 Å². The molecule has 0 saturated carbocycles. The molecule has 1 heterocycles. The Morgan fingerprint density at radius 3 is 2.79 bits per heavy atom. The summed E-state index contributed by atoms with van der Waals surface area (Å²) in [6.07, 6.45) is 1.43. The van der Waals surface area contributed by atoms with Crippen molar-refractivity contribution in [3.8, 4) is 0 Å². The molecule has 19 heavy (non-hydrogen) atoms. The fourth-order valence-electron chi connectivity index (χ4n) is 2.11. The fourth-order valence-corrected chi connectivity index (χ4v) is 2.11. The lowest BCUT2D eigenvalue weighted by Crippen LogP contribution is -2.64. The molecule has 1 saturated heterocycles. The zero-order valence-electron chi connectivity index (χ0n) is 11.1. The first-order chi connectivity index (χ1) is 8.99. The van der Waals surface area contributed by atoms with E-state index in [0.717, 1.165) is 6.08 Å². The topological polar surface area (TPSA) is 87.7 Å². The van der Waals surface area contributed by atoms with Gasteiger partial charge in [-0.05, 0) is 0 Å². The number of amides is 1. The molecule has 0 aromatic carbocycles. The Morgan fingerprint density at radius 1 is 1.63 bits per heavy atom. The minimum atomic E-state index is -1.34. The second-order valence-corrected chi connectivity index (χ2v) is 4.17. The van der Waals surface area contributed by atoms with E-state index in [1.165, 1.54) is 6.92 Å². The van der Waals surface area contributed by atoms with E-state index in [9.17, 15) is 14.4 Å². The second kappa shape index (κ2) is 6.44. The minimum absolute atomic E-state index is 0.304. The van der Waals surface area contributed by atoms with Crippen LogP contribution in [0.2, 0.25) is 0 Å². The molecule has 106 valence electrons. The maximum atomic E-state index is 11.5. The number of carbonyl (C=O) groups is 3. The number of aldehydes is 1. The third-order valence-electron chi connectivity index (χ3n) is 2.92. The van der Waals surface area contributed by atoms with Gasteiger partial charge in [0.25, 0.3) is 0 Å². The molecule has 0 aliphatic carbocycles. The molecule has 1 rings (SSSR count). The lowest BCUT2D eigenvalue weighted by molar-refractivity contribution is -0.195. The number of nitrogens with one attached hydrogen (secondary N) is 2. The smallest absolute Gasteiger partial charge is 0.333 e. The quantitative estimate of drug-likeness (QED) is 0.288. The zero-order chi connectivity index (χ0) is 14.5. The summed E-state index contributed by atoms with van der Waals surface area (Å²) in [5, 5.41) is 5.56. The summed E-state index contributed by atoms with van der Waals surface area (Å²) >= 11 is 0. The Bertz CT molecular complexity index is 385. The maximum Gasteiger partial charge on any atom is 0.333 e. The molecule has 0 aromatic rings. The first kappa shape index (κ1) is 15.3. The molecule has 2 N–H and O–H groups in total. The highest BCUT2D eigenvalue weighted by Gasteiger charge is 2.45. The van der Waals surface area contributed by atoms with E-state index in [4.69, 9.17) is 4.74 Å². The van der Waals surface area contributed by atoms with Crippen molar-refractivity contribution in [2.24, 2.45) is 0 Å². The van der Waals surface area contributed by atoms with E-state index >= 15 is 0 Å². The van der Waals surface area contributed by atoms with Gasteiger partial charge in [0.1, 0.15) is 6.17 Å². The van der Waals surface area contributed by atoms with Crippen LogP contribution < -0.4 is 10.6 Å². The summed E-state index contributed by atoms with van der Waals surface area (Å²) in [6, 6.07) is 0. The van der Waals surface area contributed by atoms with E-state index < -0.39 is 18.0 Å². The van der Waals surface area contributed by atoms with Crippen molar-refractivity contribution in [3.05, 3.63) is 12.7 Å². The van der Waals surface area contributed by atoms with Crippen LogP contribution in [0.3, 0.4) is 0 Å². The molecule has 2 unspecified atom stereocenters. The van der Waals surface area contributed by atoms with Crippen LogP contribution in [0.1, 0.15) is 20.3 Å². The van der Waals surface area contributed by atoms with Gasteiger partial charge in [-0.2, -0.15) is 0 Å². The van der Waals surface area contributed by atoms with Crippen LogP contribution in [0.15, 0.2) is 12.7 Å². The first-order valence-corrected chi connectivity index (χ1v) is 6.08. The lowest BCUT2D eigenvalue weighted by Gasteiger charge is -2.41. The third kappa shape index (κ3) is 3.39. The largest absolute Gasteiger partial charge is 0.422 e. The average Bonchev–Trinajstić information content (AvgIpc) is 2.85. The van der Waals surface area contributed by atoms with Crippen LogP contribution in [0.5, 0.6) is 0 Å². The number of carbonyl (C=O) groups excluding carboxylic acids is 3. The molecule has 1 aliphatic heterocycles. The summed E-state index contributed by atoms with van der Waals surface area (Å²) in [4.78, 5) is 35.5. The molecule has 2 atom stereocenters. The monoisotopic (exact) mass is 269 g/mol. The van der Waals surface area contributed by atoms with Crippen LogP contribution in [0, 0.1) is 0 Å². The van der Waals surface area contributed by atoms with Crippen molar-refractivity contribution < 1.29 is 19.1 Å². The summed E-state index contributed by atoms with van der Waals surface area (Å²) in [7, 11) is 0. The van der Waals surface area contributed by atoms with Crippen molar-refractivity contribution in [2.75, 3.05) is 13.1 Å². The van der Waals surface area contributed by atoms with Crippen LogP contribution in [-0.2, 0) is 19.1 Å². The van der Waals surface area contributed by atoms with Gasteiger partial charge in [0, 0.05) is 32.5 Å². The molecule has 0 spiro atoms. The predicted molar refractivity (Wildman–Crippen MR) is 67.7 cm³/mol. The predicted octanol–water partition coefficient (Wildman–Crippen LogP) is -0.654. The number of rotatable bonds is 6. The summed E-state index contributed by atoms with van der Waals surface area (Å²) in [5.74, 6) is -2.35.